The fourth-order valence-corrected chi connectivity index (χ4v) is 3.34. The standard InChI is InChI=1S/C15H17N3S/c1-2-14-17-13(16)9-15(18-14)19-12-7-6-10-4-3-5-11(10)8-12/h6-9H,2-5H2,1H3,(H2,16,17,18). The molecule has 1 aliphatic rings. The van der Waals surface area contributed by atoms with Gasteiger partial charge in [-0.2, -0.15) is 0 Å². The lowest BCUT2D eigenvalue weighted by Crippen LogP contribution is -1.99. The van der Waals surface area contributed by atoms with Crippen LogP contribution in [0.25, 0.3) is 0 Å². The summed E-state index contributed by atoms with van der Waals surface area (Å²) in [7, 11) is 0. The van der Waals surface area contributed by atoms with Crippen molar-refractivity contribution >= 4 is 17.6 Å². The van der Waals surface area contributed by atoms with E-state index < -0.39 is 0 Å². The molecule has 2 aromatic rings. The Morgan fingerprint density at radius 2 is 2.00 bits per heavy atom. The number of aryl methyl sites for hydroxylation is 3. The van der Waals surface area contributed by atoms with E-state index >= 15 is 0 Å². The normalized spacial score (nSPS) is 13.5. The molecule has 1 aromatic heterocycles. The Bertz CT molecular complexity index is 610. The number of fused-ring (bicyclic) bond motifs is 1. The van der Waals surface area contributed by atoms with Crippen LogP contribution in [0.4, 0.5) is 5.82 Å². The van der Waals surface area contributed by atoms with Crippen molar-refractivity contribution in [2.45, 2.75) is 42.5 Å². The summed E-state index contributed by atoms with van der Waals surface area (Å²) in [5, 5.41) is 0.933. The van der Waals surface area contributed by atoms with Crippen LogP contribution in [0.3, 0.4) is 0 Å². The Morgan fingerprint density at radius 1 is 1.16 bits per heavy atom. The number of aromatic nitrogens is 2. The Morgan fingerprint density at radius 3 is 2.84 bits per heavy atom. The van der Waals surface area contributed by atoms with Crippen LogP contribution in [0, 0.1) is 0 Å². The SMILES string of the molecule is CCc1nc(N)cc(Sc2ccc3c(c2)CCC3)n1. The van der Waals surface area contributed by atoms with Gasteiger partial charge in [0.2, 0.25) is 0 Å². The molecule has 0 radical (unpaired) electrons. The molecule has 0 amide bonds. The predicted octanol–water partition coefficient (Wildman–Crippen LogP) is 3.26. The van der Waals surface area contributed by atoms with Crippen molar-refractivity contribution in [2.75, 3.05) is 5.73 Å². The molecule has 0 aliphatic heterocycles. The summed E-state index contributed by atoms with van der Waals surface area (Å²) in [6.45, 7) is 2.04. The number of rotatable bonds is 3. The molecule has 0 spiro atoms. The van der Waals surface area contributed by atoms with Gasteiger partial charge in [0, 0.05) is 17.4 Å². The van der Waals surface area contributed by atoms with Crippen LogP contribution >= 0.6 is 11.8 Å². The summed E-state index contributed by atoms with van der Waals surface area (Å²) in [5.41, 5.74) is 8.80. The van der Waals surface area contributed by atoms with Crippen molar-refractivity contribution < 1.29 is 0 Å². The molecular weight excluding hydrogens is 254 g/mol. The zero-order valence-electron chi connectivity index (χ0n) is 11.0. The summed E-state index contributed by atoms with van der Waals surface area (Å²) in [6, 6.07) is 8.56. The van der Waals surface area contributed by atoms with Crippen molar-refractivity contribution in [1.29, 1.82) is 0 Å². The maximum Gasteiger partial charge on any atom is 0.131 e. The van der Waals surface area contributed by atoms with Crippen LogP contribution in [0.15, 0.2) is 34.2 Å². The van der Waals surface area contributed by atoms with Gasteiger partial charge < -0.3 is 5.73 Å². The van der Waals surface area contributed by atoms with Crippen molar-refractivity contribution in [3.8, 4) is 0 Å². The number of anilines is 1. The molecule has 98 valence electrons. The highest BCUT2D eigenvalue weighted by Crippen LogP contribution is 2.31. The Labute approximate surface area is 117 Å². The molecule has 0 fully saturated rings. The highest BCUT2D eigenvalue weighted by Gasteiger charge is 2.11. The van der Waals surface area contributed by atoms with Crippen LogP contribution in [0.2, 0.25) is 0 Å². The molecule has 1 aliphatic carbocycles. The summed E-state index contributed by atoms with van der Waals surface area (Å²) in [6.07, 6.45) is 4.52. The van der Waals surface area contributed by atoms with E-state index in [1.165, 1.54) is 35.3 Å². The monoisotopic (exact) mass is 271 g/mol. The Kier molecular flexibility index (Phi) is 3.42. The van der Waals surface area contributed by atoms with Gasteiger partial charge in [0.05, 0.1) is 0 Å². The first-order valence-electron chi connectivity index (χ1n) is 6.67. The molecule has 0 saturated heterocycles. The molecule has 0 unspecified atom stereocenters. The van der Waals surface area contributed by atoms with E-state index in [1.807, 2.05) is 13.0 Å². The summed E-state index contributed by atoms with van der Waals surface area (Å²) >= 11 is 1.67. The van der Waals surface area contributed by atoms with E-state index in [0.717, 1.165) is 17.3 Å². The summed E-state index contributed by atoms with van der Waals surface area (Å²) < 4.78 is 0. The third-order valence-electron chi connectivity index (χ3n) is 3.38. The maximum absolute atomic E-state index is 5.81. The van der Waals surface area contributed by atoms with Gasteiger partial charge in [-0.15, -0.1) is 0 Å². The number of nitrogen functional groups attached to an aromatic ring is 1. The van der Waals surface area contributed by atoms with Crippen LogP contribution in [0.1, 0.15) is 30.3 Å². The fraction of sp³-hybridized carbons (Fsp3) is 0.333. The van der Waals surface area contributed by atoms with Gasteiger partial charge in [0.15, 0.2) is 0 Å². The van der Waals surface area contributed by atoms with Gasteiger partial charge >= 0.3 is 0 Å². The minimum absolute atomic E-state index is 0.551. The number of benzene rings is 1. The zero-order valence-corrected chi connectivity index (χ0v) is 11.8. The second-order valence-electron chi connectivity index (χ2n) is 4.79. The fourth-order valence-electron chi connectivity index (χ4n) is 2.44. The molecule has 2 N–H and O–H groups in total. The molecule has 0 atom stereocenters. The third kappa shape index (κ3) is 2.73. The van der Waals surface area contributed by atoms with Crippen molar-refractivity contribution in [3.63, 3.8) is 0 Å². The highest BCUT2D eigenvalue weighted by molar-refractivity contribution is 7.99. The van der Waals surface area contributed by atoms with Crippen molar-refractivity contribution in [3.05, 3.63) is 41.2 Å². The molecule has 0 saturated carbocycles. The van der Waals surface area contributed by atoms with E-state index in [1.54, 1.807) is 11.8 Å². The molecule has 19 heavy (non-hydrogen) atoms. The predicted molar refractivity (Wildman–Crippen MR) is 78.4 cm³/mol. The van der Waals surface area contributed by atoms with Gasteiger partial charge in [-0.25, -0.2) is 9.97 Å². The number of hydrogen-bond donors (Lipinski definition) is 1. The first kappa shape index (κ1) is 12.5. The van der Waals surface area contributed by atoms with Gasteiger partial charge in [0.1, 0.15) is 16.7 Å². The Hall–Kier alpha value is -1.55. The minimum Gasteiger partial charge on any atom is -0.384 e. The highest BCUT2D eigenvalue weighted by atomic mass is 32.2. The van der Waals surface area contributed by atoms with E-state index in [9.17, 15) is 0 Å². The lowest BCUT2D eigenvalue weighted by atomic mass is 10.1. The van der Waals surface area contributed by atoms with Crippen LogP contribution in [-0.2, 0) is 19.3 Å². The van der Waals surface area contributed by atoms with E-state index in [0.29, 0.717) is 5.82 Å². The topological polar surface area (TPSA) is 51.8 Å². The first-order chi connectivity index (χ1) is 9.24. The first-order valence-corrected chi connectivity index (χ1v) is 7.49. The van der Waals surface area contributed by atoms with Gasteiger partial charge in [-0.05, 0) is 42.5 Å². The van der Waals surface area contributed by atoms with E-state index in [4.69, 9.17) is 5.73 Å². The third-order valence-corrected chi connectivity index (χ3v) is 4.29. The maximum atomic E-state index is 5.81. The van der Waals surface area contributed by atoms with Crippen LogP contribution in [-0.4, -0.2) is 9.97 Å². The summed E-state index contributed by atoms with van der Waals surface area (Å²) in [5.74, 6) is 1.36. The van der Waals surface area contributed by atoms with Gasteiger partial charge in [-0.1, -0.05) is 24.8 Å². The molecule has 3 rings (SSSR count). The van der Waals surface area contributed by atoms with Crippen LogP contribution in [0.5, 0.6) is 0 Å². The molecule has 1 aromatic carbocycles. The van der Waals surface area contributed by atoms with E-state index in [-0.39, 0.29) is 0 Å². The molecule has 0 bridgehead atoms. The van der Waals surface area contributed by atoms with Crippen LogP contribution < -0.4 is 5.73 Å². The summed E-state index contributed by atoms with van der Waals surface area (Å²) in [4.78, 5) is 9.95. The molecule has 3 nitrogen and oxygen atoms in total. The Balaban J connectivity index is 1.86. The number of hydrogen-bond acceptors (Lipinski definition) is 4. The van der Waals surface area contributed by atoms with Gasteiger partial charge in [-0.3, -0.25) is 0 Å². The minimum atomic E-state index is 0.551. The second-order valence-corrected chi connectivity index (χ2v) is 5.88. The second kappa shape index (κ2) is 5.21. The average Bonchev–Trinajstić information content (AvgIpc) is 2.85. The smallest absolute Gasteiger partial charge is 0.131 e. The lowest BCUT2D eigenvalue weighted by Gasteiger charge is -2.06. The van der Waals surface area contributed by atoms with Crippen molar-refractivity contribution in [2.24, 2.45) is 0 Å². The van der Waals surface area contributed by atoms with Gasteiger partial charge in [0.25, 0.3) is 0 Å². The number of nitrogens with two attached hydrogens (primary N) is 1. The lowest BCUT2D eigenvalue weighted by molar-refractivity contribution is 0.894. The largest absolute Gasteiger partial charge is 0.384 e. The molecule has 4 heteroatoms. The van der Waals surface area contributed by atoms with Crippen molar-refractivity contribution in [1.82, 2.24) is 9.97 Å². The quantitative estimate of drug-likeness (QED) is 0.871. The van der Waals surface area contributed by atoms with E-state index in [2.05, 4.69) is 28.2 Å². The molecule has 1 heterocycles. The number of nitrogens with zero attached hydrogens (tertiary/aromatic N) is 2. The molecular formula is C15H17N3S. The zero-order chi connectivity index (χ0) is 13.2. The average molecular weight is 271 g/mol.